The van der Waals surface area contributed by atoms with Gasteiger partial charge in [-0.05, 0) is 50.9 Å². The van der Waals surface area contributed by atoms with Crippen LogP contribution >= 0.6 is 0 Å². The third-order valence-corrected chi connectivity index (χ3v) is 5.15. The molecule has 2 atom stereocenters. The SMILES string of the molecule is COc1cc(C(=O)C2CC3CCCC(C2)N3C)ccc1F. The predicted molar refractivity (Wildman–Crippen MR) is 79.2 cm³/mol. The topological polar surface area (TPSA) is 29.5 Å². The van der Waals surface area contributed by atoms with Crippen LogP contribution in [-0.4, -0.2) is 36.9 Å². The molecule has 2 heterocycles. The Morgan fingerprint density at radius 1 is 1.29 bits per heavy atom. The highest BCUT2D eigenvalue weighted by Gasteiger charge is 2.38. The van der Waals surface area contributed by atoms with Crippen LogP contribution in [0.1, 0.15) is 42.5 Å². The Hall–Kier alpha value is -1.42. The van der Waals surface area contributed by atoms with Crippen LogP contribution in [0.2, 0.25) is 0 Å². The number of nitrogens with zero attached hydrogens (tertiary/aromatic N) is 1. The molecule has 0 aliphatic carbocycles. The fourth-order valence-corrected chi connectivity index (χ4v) is 3.88. The first kappa shape index (κ1) is 14.5. The van der Waals surface area contributed by atoms with Gasteiger partial charge in [-0.2, -0.15) is 0 Å². The van der Waals surface area contributed by atoms with Gasteiger partial charge < -0.3 is 9.64 Å². The van der Waals surface area contributed by atoms with Crippen LogP contribution < -0.4 is 4.74 Å². The summed E-state index contributed by atoms with van der Waals surface area (Å²) in [7, 11) is 3.60. The largest absolute Gasteiger partial charge is 0.494 e. The monoisotopic (exact) mass is 291 g/mol. The molecule has 0 amide bonds. The Kier molecular flexibility index (Phi) is 3.98. The number of carbonyl (C=O) groups excluding carboxylic acids is 1. The lowest BCUT2D eigenvalue weighted by atomic mass is 9.76. The Morgan fingerprint density at radius 2 is 1.95 bits per heavy atom. The van der Waals surface area contributed by atoms with Crippen molar-refractivity contribution in [3.05, 3.63) is 29.6 Å². The van der Waals surface area contributed by atoms with Gasteiger partial charge in [0.15, 0.2) is 17.3 Å². The zero-order valence-corrected chi connectivity index (χ0v) is 12.6. The minimum absolute atomic E-state index is 0.0617. The highest BCUT2D eigenvalue weighted by molar-refractivity contribution is 5.98. The maximum Gasteiger partial charge on any atom is 0.166 e. The van der Waals surface area contributed by atoms with Crippen molar-refractivity contribution in [1.82, 2.24) is 4.90 Å². The van der Waals surface area contributed by atoms with E-state index in [1.54, 1.807) is 6.07 Å². The summed E-state index contributed by atoms with van der Waals surface area (Å²) >= 11 is 0. The lowest BCUT2D eigenvalue weighted by molar-refractivity contribution is 0.0338. The minimum Gasteiger partial charge on any atom is -0.494 e. The summed E-state index contributed by atoms with van der Waals surface area (Å²) < 4.78 is 18.5. The number of methoxy groups -OCH3 is 1. The molecular formula is C17H22FNO2. The van der Waals surface area contributed by atoms with Crippen LogP contribution in [0.5, 0.6) is 5.75 Å². The fourth-order valence-electron chi connectivity index (χ4n) is 3.88. The molecule has 21 heavy (non-hydrogen) atoms. The molecule has 0 spiro atoms. The molecule has 4 heteroatoms. The molecular weight excluding hydrogens is 269 g/mol. The van der Waals surface area contributed by atoms with Gasteiger partial charge in [0, 0.05) is 23.6 Å². The molecule has 2 aliphatic heterocycles. The van der Waals surface area contributed by atoms with E-state index in [4.69, 9.17) is 4.74 Å². The molecule has 3 rings (SSSR count). The Bertz CT molecular complexity index is 532. The predicted octanol–water partition coefficient (Wildman–Crippen LogP) is 3.28. The number of piperidine rings is 2. The molecule has 1 aromatic carbocycles. The van der Waals surface area contributed by atoms with Crippen LogP contribution in [-0.2, 0) is 0 Å². The van der Waals surface area contributed by atoms with E-state index in [1.165, 1.54) is 38.5 Å². The first-order valence-electron chi connectivity index (χ1n) is 7.70. The lowest BCUT2D eigenvalue weighted by Gasteiger charge is -2.46. The second-order valence-corrected chi connectivity index (χ2v) is 6.29. The van der Waals surface area contributed by atoms with Crippen LogP contribution in [0.25, 0.3) is 0 Å². The smallest absolute Gasteiger partial charge is 0.166 e. The van der Waals surface area contributed by atoms with Crippen LogP contribution in [0.4, 0.5) is 4.39 Å². The van der Waals surface area contributed by atoms with E-state index < -0.39 is 5.82 Å². The van der Waals surface area contributed by atoms with Gasteiger partial charge in [-0.15, -0.1) is 0 Å². The van der Waals surface area contributed by atoms with Crippen LogP contribution in [0, 0.1) is 11.7 Å². The molecule has 0 N–H and O–H groups in total. The lowest BCUT2D eigenvalue weighted by Crippen LogP contribution is -2.51. The second-order valence-electron chi connectivity index (χ2n) is 6.29. The number of carbonyl (C=O) groups is 1. The van der Waals surface area contributed by atoms with E-state index >= 15 is 0 Å². The maximum absolute atomic E-state index is 13.5. The van der Waals surface area contributed by atoms with Crippen molar-refractivity contribution in [1.29, 1.82) is 0 Å². The van der Waals surface area contributed by atoms with Gasteiger partial charge in [-0.1, -0.05) is 6.42 Å². The molecule has 2 saturated heterocycles. The van der Waals surface area contributed by atoms with Gasteiger partial charge in [0.25, 0.3) is 0 Å². The van der Waals surface area contributed by atoms with Gasteiger partial charge in [0.1, 0.15) is 0 Å². The third-order valence-electron chi connectivity index (χ3n) is 5.15. The molecule has 114 valence electrons. The van der Waals surface area contributed by atoms with Crippen LogP contribution in [0.15, 0.2) is 18.2 Å². The summed E-state index contributed by atoms with van der Waals surface area (Å²) in [6.45, 7) is 0. The number of ketones is 1. The van der Waals surface area contributed by atoms with Crippen molar-refractivity contribution in [2.75, 3.05) is 14.2 Å². The highest BCUT2D eigenvalue weighted by atomic mass is 19.1. The van der Waals surface area contributed by atoms with Crippen molar-refractivity contribution in [2.45, 2.75) is 44.2 Å². The normalized spacial score (nSPS) is 29.2. The maximum atomic E-state index is 13.5. The molecule has 2 fully saturated rings. The Labute approximate surface area is 125 Å². The third kappa shape index (κ3) is 2.69. The van der Waals surface area contributed by atoms with Crippen molar-refractivity contribution in [3.8, 4) is 5.75 Å². The average molecular weight is 291 g/mol. The summed E-state index contributed by atoms with van der Waals surface area (Å²) in [6, 6.07) is 5.48. The molecule has 2 unspecified atom stereocenters. The van der Waals surface area contributed by atoms with Crippen molar-refractivity contribution < 1.29 is 13.9 Å². The quantitative estimate of drug-likeness (QED) is 0.800. The molecule has 1 aromatic rings. The average Bonchev–Trinajstić information content (AvgIpc) is 2.47. The Balaban J connectivity index is 1.79. The Morgan fingerprint density at radius 3 is 2.57 bits per heavy atom. The molecule has 2 bridgehead atoms. The summed E-state index contributed by atoms with van der Waals surface area (Å²) in [6.07, 6.45) is 5.48. The van der Waals surface area contributed by atoms with E-state index in [0.29, 0.717) is 17.6 Å². The van der Waals surface area contributed by atoms with Gasteiger partial charge in [-0.25, -0.2) is 4.39 Å². The molecule has 0 radical (unpaired) electrons. The summed E-state index contributed by atoms with van der Waals surface area (Å²) in [5.74, 6) is -0.0757. The number of benzene rings is 1. The number of fused-ring (bicyclic) bond motifs is 2. The van der Waals surface area contributed by atoms with Gasteiger partial charge in [0.2, 0.25) is 0 Å². The van der Waals surface area contributed by atoms with Crippen LogP contribution in [0.3, 0.4) is 0 Å². The van der Waals surface area contributed by atoms with Gasteiger partial charge in [0.05, 0.1) is 7.11 Å². The summed E-state index contributed by atoms with van der Waals surface area (Å²) in [5, 5.41) is 0. The highest BCUT2D eigenvalue weighted by Crippen LogP contribution is 2.37. The first-order valence-corrected chi connectivity index (χ1v) is 7.70. The molecule has 3 nitrogen and oxygen atoms in total. The van der Waals surface area contributed by atoms with Gasteiger partial charge >= 0.3 is 0 Å². The number of ether oxygens (including phenoxy) is 1. The van der Waals surface area contributed by atoms with Crippen molar-refractivity contribution >= 4 is 5.78 Å². The fraction of sp³-hybridized carbons (Fsp3) is 0.588. The first-order chi connectivity index (χ1) is 10.1. The van der Waals surface area contributed by atoms with E-state index in [2.05, 4.69) is 11.9 Å². The number of halogens is 1. The van der Waals surface area contributed by atoms with E-state index in [9.17, 15) is 9.18 Å². The number of Topliss-reactive ketones (excluding diaryl/α,β-unsaturated/α-hetero) is 1. The number of hydrogen-bond acceptors (Lipinski definition) is 3. The number of rotatable bonds is 3. The standard InChI is InChI=1S/C17H22FNO2/c1-19-13-4-3-5-14(19)9-12(8-13)17(20)11-6-7-15(18)16(10-11)21-2/h6-7,10,12-14H,3-5,8-9H2,1-2H3. The molecule has 0 aromatic heterocycles. The van der Waals surface area contributed by atoms with Crippen molar-refractivity contribution in [3.63, 3.8) is 0 Å². The zero-order valence-electron chi connectivity index (χ0n) is 12.6. The minimum atomic E-state index is -0.422. The van der Waals surface area contributed by atoms with Crippen molar-refractivity contribution in [2.24, 2.45) is 5.92 Å². The molecule has 2 aliphatic rings. The van der Waals surface area contributed by atoms with E-state index in [-0.39, 0.29) is 17.5 Å². The van der Waals surface area contributed by atoms with E-state index in [0.717, 1.165) is 12.8 Å². The summed E-state index contributed by atoms with van der Waals surface area (Å²) in [5.41, 5.74) is 0.570. The zero-order chi connectivity index (χ0) is 15.0. The van der Waals surface area contributed by atoms with E-state index in [1.807, 2.05) is 0 Å². The summed E-state index contributed by atoms with van der Waals surface area (Å²) in [4.78, 5) is 15.2. The number of hydrogen-bond donors (Lipinski definition) is 0. The molecule has 0 saturated carbocycles. The van der Waals surface area contributed by atoms with Gasteiger partial charge in [-0.3, -0.25) is 4.79 Å². The second kappa shape index (κ2) is 5.76.